The molecule has 3 aromatic carbocycles. The Morgan fingerprint density at radius 2 is 1.57 bits per heavy atom. The molecule has 10 heteroatoms. The summed E-state index contributed by atoms with van der Waals surface area (Å²) >= 11 is 6.43. The molecule has 1 atom stereocenters. The number of piperazine rings is 1. The second-order valence-electron chi connectivity index (χ2n) is 11.5. The number of sulfonamides is 1. The molecule has 2 heterocycles. The van der Waals surface area contributed by atoms with Crippen LogP contribution in [-0.4, -0.2) is 62.7 Å². The Balaban J connectivity index is 1.12. The monoisotopic (exact) mass is 581 g/mol. The lowest BCUT2D eigenvalue weighted by Gasteiger charge is -2.34. The maximum Gasteiger partial charge on any atom is 0.409 e. The van der Waals surface area contributed by atoms with Crippen LogP contribution in [0.25, 0.3) is 11.1 Å². The molecule has 40 heavy (non-hydrogen) atoms. The highest BCUT2D eigenvalue weighted by molar-refractivity contribution is 7.89. The molecule has 1 fully saturated rings. The molecule has 210 valence electrons. The topological polar surface area (TPSA) is 88.2 Å². The van der Waals surface area contributed by atoms with Gasteiger partial charge in [0.2, 0.25) is 10.0 Å². The van der Waals surface area contributed by atoms with Crippen LogP contribution >= 0.6 is 11.6 Å². The van der Waals surface area contributed by atoms with Crippen molar-refractivity contribution in [2.24, 2.45) is 5.41 Å². The number of benzene rings is 3. The first kappa shape index (κ1) is 26.9. The number of hydrogen-bond donors (Lipinski definition) is 1. The summed E-state index contributed by atoms with van der Waals surface area (Å²) in [4.78, 5) is 14.5. The van der Waals surface area contributed by atoms with Gasteiger partial charge in [-0.2, -0.15) is 4.31 Å². The standard InChI is InChI=1S/C30H32ClN3O5S/c1-30(2,3)28-32-25-13-12-24(31)27(26(25)39-28)40(36,37)34-16-14-33(15-17-34)29(35)38-18-23-21-10-6-4-8-19(21)20-9-5-7-11-22(20)23/h4-13,23,28,32H,14-18H2,1-3H3. The van der Waals surface area contributed by atoms with Crippen LogP contribution in [0.2, 0.25) is 5.02 Å². The molecule has 0 radical (unpaired) electrons. The Morgan fingerprint density at radius 1 is 0.975 bits per heavy atom. The first-order valence-corrected chi connectivity index (χ1v) is 15.2. The van der Waals surface area contributed by atoms with Gasteiger partial charge in [0.25, 0.3) is 0 Å². The number of halogens is 1. The lowest BCUT2D eigenvalue weighted by molar-refractivity contribution is 0.0870. The first-order valence-electron chi connectivity index (χ1n) is 13.4. The molecule has 8 nitrogen and oxygen atoms in total. The van der Waals surface area contributed by atoms with Gasteiger partial charge < -0.3 is 19.7 Å². The Kier molecular flexibility index (Phi) is 6.71. The first-order chi connectivity index (χ1) is 19.1. The third-order valence-electron chi connectivity index (χ3n) is 7.80. The van der Waals surface area contributed by atoms with Crippen LogP contribution in [0.5, 0.6) is 5.75 Å². The Labute approximate surface area is 239 Å². The zero-order chi connectivity index (χ0) is 28.2. The minimum Gasteiger partial charge on any atom is -0.467 e. The minimum absolute atomic E-state index is 0.0362. The minimum atomic E-state index is -3.97. The van der Waals surface area contributed by atoms with Crippen molar-refractivity contribution in [3.8, 4) is 16.9 Å². The summed E-state index contributed by atoms with van der Waals surface area (Å²) in [6.45, 7) is 6.93. The molecule has 1 N–H and O–H groups in total. The molecule has 1 unspecified atom stereocenters. The van der Waals surface area contributed by atoms with Crippen LogP contribution in [0, 0.1) is 5.41 Å². The average Bonchev–Trinajstić information content (AvgIpc) is 3.51. The van der Waals surface area contributed by atoms with E-state index in [1.807, 2.05) is 45.0 Å². The van der Waals surface area contributed by atoms with Crippen molar-refractivity contribution in [3.05, 3.63) is 76.8 Å². The Morgan fingerprint density at radius 3 is 2.17 bits per heavy atom. The largest absolute Gasteiger partial charge is 0.467 e. The van der Waals surface area contributed by atoms with Crippen LogP contribution in [0.15, 0.2) is 65.6 Å². The van der Waals surface area contributed by atoms with Crippen molar-refractivity contribution in [1.82, 2.24) is 9.21 Å². The van der Waals surface area contributed by atoms with Gasteiger partial charge in [0.05, 0.1) is 10.7 Å². The van der Waals surface area contributed by atoms with E-state index in [9.17, 15) is 13.2 Å². The number of amides is 1. The highest BCUT2D eigenvalue weighted by Crippen LogP contribution is 2.46. The van der Waals surface area contributed by atoms with Crippen molar-refractivity contribution in [2.75, 3.05) is 38.1 Å². The lowest BCUT2D eigenvalue weighted by atomic mass is 9.94. The number of carbonyl (C=O) groups is 1. The molecular weight excluding hydrogens is 550 g/mol. The van der Waals surface area contributed by atoms with E-state index < -0.39 is 16.1 Å². The number of ether oxygens (including phenoxy) is 2. The third kappa shape index (κ3) is 4.60. The number of nitrogens with one attached hydrogen (secondary N) is 1. The highest BCUT2D eigenvalue weighted by atomic mass is 35.5. The maximum atomic E-state index is 13.7. The normalized spacial score (nSPS) is 18.9. The van der Waals surface area contributed by atoms with Crippen molar-refractivity contribution in [3.63, 3.8) is 0 Å². The second kappa shape index (κ2) is 9.98. The van der Waals surface area contributed by atoms with Crippen LogP contribution in [0.3, 0.4) is 0 Å². The number of fused-ring (bicyclic) bond motifs is 4. The van der Waals surface area contributed by atoms with Gasteiger partial charge in [-0.05, 0) is 34.4 Å². The van der Waals surface area contributed by atoms with Gasteiger partial charge in [-0.1, -0.05) is 80.9 Å². The molecule has 3 aliphatic rings. The zero-order valence-corrected chi connectivity index (χ0v) is 24.3. The molecule has 0 aromatic heterocycles. The van der Waals surface area contributed by atoms with E-state index in [0.717, 1.165) is 22.3 Å². The van der Waals surface area contributed by atoms with Gasteiger partial charge in [0.1, 0.15) is 11.5 Å². The Hall–Kier alpha value is -3.27. The summed E-state index contributed by atoms with van der Waals surface area (Å²) in [6.07, 6.45) is -0.835. The van der Waals surface area contributed by atoms with E-state index in [1.165, 1.54) is 4.31 Å². The van der Waals surface area contributed by atoms with Crippen LogP contribution in [0.4, 0.5) is 10.5 Å². The van der Waals surface area contributed by atoms with Crippen LogP contribution in [-0.2, 0) is 14.8 Å². The smallest absolute Gasteiger partial charge is 0.409 e. The van der Waals surface area contributed by atoms with Gasteiger partial charge in [0.15, 0.2) is 12.0 Å². The number of hydrogen-bond acceptors (Lipinski definition) is 6. The van der Waals surface area contributed by atoms with Crippen LogP contribution in [0.1, 0.15) is 37.8 Å². The van der Waals surface area contributed by atoms with E-state index >= 15 is 0 Å². The van der Waals surface area contributed by atoms with E-state index in [1.54, 1.807) is 17.0 Å². The second-order valence-corrected chi connectivity index (χ2v) is 13.7. The number of rotatable bonds is 4. The summed E-state index contributed by atoms with van der Waals surface area (Å²) in [7, 11) is -3.97. The van der Waals surface area contributed by atoms with Gasteiger partial charge in [-0.15, -0.1) is 0 Å². The third-order valence-corrected chi connectivity index (χ3v) is 10.2. The number of anilines is 1. The molecule has 6 rings (SSSR count). The summed E-state index contributed by atoms with van der Waals surface area (Å²) in [5.41, 5.74) is 4.95. The molecule has 1 amide bonds. The number of nitrogens with zero attached hydrogens (tertiary/aromatic N) is 2. The predicted molar refractivity (Wildman–Crippen MR) is 154 cm³/mol. The summed E-state index contributed by atoms with van der Waals surface area (Å²) in [6, 6.07) is 19.7. The zero-order valence-electron chi connectivity index (χ0n) is 22.7. The molecule has 1 aliphatic carbocycles. The molecule has 0 bridgehead atoms. The summed E-state index contributed by atoms with van der Waals surface area (Å²) in [5, 5.41) is 3.36. The average molecular weight is 582 g/mol. The molecule has 3 aromatic rings. The van der Waals surface area contributed by atoms with Crippen molar-refractivity contribution >= 4 is 33.4 Å². The fraction of sp³-hybridized carbons (Fsp3) is 0.367. The molecule has 0 saturated carbocycles. The van der Waals surface area contributed by atoms with Crippen molar-refractivity contribution in [1.29, 1.82) is 0 Å². The predicted octanol–water partition coefficient (Wildman–Crippen LogP) is 5.77. The fourth-order valence-corrected chi connectivity index (χ4v) is 7.67. The molecular formula is C30H32ClN3O5S. The number of carbonyl (C=O) groups excluding carboxylic acids is 1. The van der Waals surface area contributed by atoms with Crippen molar-refractivity contribution < 1.29 is 22.7 Å². The van der Waals surface area contributed by atoms with E-state index in [4.69, 9.17) is 21.1 Å². The molecule has 2 aliphatic heterocycles. The van der Waals surface area contributed by atoms with E-state index in [2.05, 4.69) is 29.6 Å². The lowest BCUT2D eigenvalue weighted by Crippen LogP contribution is -2.50. The van der Waals surface area contributed by atoms with Crippen LogP contribution < -0.4 is 10.1 Å². The van der Waals surface area contributed by atoms with Gasteiger partial charge in [-0.3, -0.25) is 0 Å². The SMILES string of the molecule is CC(C)(C)C1Nc2ccc(Cl)c(S(=O)(=O)N3CCN(C(=O)OCC4c5ccccc5-c5ccccc54)CC3)c2O1. The van der Waals surface area contributed by atoms with E-state index in [0.29, 0.717) is 5.69 Å². The molecule has 0 spiro atoms. The van der Waals surface area contributed by atoms with Gasteiger partial charge in [-0.25, -0.2) is 13.2 Å². The van der Waals surface area contributed by atoms with Crippen molar-refractivity contribution in [2.45, 2.75) is 37.8 Å². The molecule has 1 saturated heterocycles. The van der Waals surface area contributed by atoms with Gasteiger partial charge >= 0.3 is 6.09 Å². The fourth-order valence-electron chi connectivity index (χ4n) is 5.62. The summed E-state index contributed by atoms with van der Waals surface area (Å²) in [5.74, 6) is 0.206. The summed E-state index contributed by atoms with van der Waals surface area (Å²) < 4.78 is 40.7. The quantitative estimate of drug-likeness (QED) is 0.421. The Bertz CT molecular complexity index is 1530. The van der Waals surface area contributed by atoms with E-state index in [-0.39, 0.29) is 66.0 Å². The van der Waals surface area contributed by atoms with Gasteiger partial charge in [0, 0.05) is 37.5 Å². The maximum absolute atomic E-state index is 13.7. The highest BCUT2D eigenvalue weighted by Gasteiger charge is 2.40.